The maximum atomic E-state index is 12.4. The van der Waals surface area contributed by atoms with Crippen LogP contribution < -0.4 is 5.56 Å². The van der Waals surface area contributed by atoms with E-state index in [0.717, 1.165) is 5.56 Å². The Balaban J connectivity index is 2.39. The van der Waals surface area contributed by atoms with Gasteiger partial charge in [0.05, 0.1) is 13.2 Å². The summed E-state index contributed by atoms with van der Waals surface area (Å²) in [4.78, 5) is 28.2. The molecule has 1 heterocycles. The molecule has 0 aliphatic rings. The topological polar surface area (TPSA) is 61.2 Å². The summed E-state index contributed by atoms with van der Waals surface area (Å²) >= 11 is 5.84. The van der Waals surface area contributed by atoms with E-state index in [1.165, 1.54) is 10.8 Å². The number of carbonyl (C=O) groups is 1. The molecule has 2 aromatic rings. The predicted octanol–water partition coefficient (Wildman–Crippen LogP) is 2.43. The summed E-state index contributed by atoms with van der Waals surface area (Å²) in [5.74, 6) is -0.122. The number of benzene rings is 1. The molecule has 0 aliphatic carbocycles. The lowest BCUT2D eigenvalue weighted by Crippen LogP contribution is -2.30. The Hall–Kier alpha value is -2.14. The standard InChI is InChI=1S/C15H15ClN2O3/c1-3-21-15(20)13-8-17-10(2)18(14(13)19)9-11-4-6-12(16)7-5-11/h4-8H,3,9H2,1-2H3. The van der Waals surface area contributed by atoms with Crippen molar-refractivity contribution in [3.8, 4) is 0 Å². The van der Waals surface area contributed by atoms with E-state index < -0.39 is 11.5 Å². The third-order valence-corrected chi connectivity index (χ3v) is 3.25. The Morgan fingerprint density at radius 3 is 2.62 bits per heavy atom. The fraction of sp³-hybridized carbons (Fsp3) is 0.267. The quantitative estimate of drug-likeness (QED) is 0.814. The van der Waals surface area contributed by atoms with Crippen molar-refractivity contribution in [3.05, 3.63) is 62.8 Å². The molecule has 1 aromatic heterocycles. The summed E-state index contributed by atoms with van der Waals surface area (Å²) in [6, 6.07) is 7.15. The molecular formula is C15H15ClN2O3. The maximum Gasteiger partial charge on any atom is 0.345 e. The van der Waals surface area contributed by atoms with Crippen LogP contribution in [0.25, 0.3) is 0 Å². The second-order valence-corrected chi connectivity index (χ2v) is 4.89. The summed E-state index contributed by atoms with van der Waals surface area (Å²) in [7, 11) is 0. The van der Waals surface area contributed by atoms with Crippen molar-refractivity contribution in [3.63, 3.8) is 0 Å². The second-order valence-electron chi connectivity index (χ2n) is 4.46. The normalized spacial score (nSPS) is 10.4. The van der Waals surface area contributed by atoms with Crippen LogP contribution in [-0.4, -0.2) is 22.1 Å². The van der Waals surface area contributed by atoms with Crippen LogP contribution in [0.15, 0.2) is 35.3 Å². The van der Waals surface area contributed by atoms with Crippen molar-refractivity contribution in [2.45, 2.75) is 20.4 Å². The first kappa shape index (κ1) is 15.3. The van der Waals surface area contributed by atoms with Crippen molar-refractivity contribution < 1.29 is 9.53 Å². The van der Waals surface area contributed by atoms with Crippen molar-refractivity contribution in [2.75, 3.05) is 6.61 Å². The Morgan fingerprint density at radius 1 is 1.33 bits per heavy atom. The minimum atomic E-state index is -0.653. The van der Waals surface area contributed by atoms with Crippen molar-refractivity contribution >= 4 is 17.6 Å². The lowest BCUT2D eigenvalue weighted by Gasteiger charge is -2.11. The first-order chi connectivity index (χ1) is 10.0. The third-order valence-electron chi connectivity index (χ3n) is 3.00. The van der Waals surface area contributed by atoms with Crippen molar-refractivity contribution in [1.29, 1.82) is 0 Å². The minimum Gasteiger partial charge on any atom is -0.462 e. The zero-order chi connectivity index (χ0) is 15.4. The SMILES string of the molecule is CCOC(=O)c1cnc(C)n(Cc2ccc(Cl)cc2)c1=O. The van der Waals surface area contributed by atoms with E-state index >= 15 is 0 Å². The van der Waals surface area contributed by atoms with Crippen LogP contribution in [-0.2, 0) is 11.3 Å². The van der Waals surface area contributed by atoms with Gasteiger partial charge in [0, 0.05) is 11.2 Å². The molecule has 0 unspecified atom stereocenters. The van der Waals surface area contributed by atoms with E-state index in [2.05, 4.69) is 4.98 Å². The highest BCUT2D eigenvalue weighted by molar-refractivity contribution is 6.30. The van der Waals surface area contributed by atoms with E-state index in [4.69, 9.17) is 16.3 Å². The number of halogens is 1. The van der Waals surface area contributed by atoms with Gasteiger partial charge in [0.2, 0.25) is 0 Å². The number of rotatable bonds is 4. The Kier molecular flexibility index (Phi) is 4.75. The average molecular weight is 307 g/mol. The summed E-state index contributed by atoms with van der Waals surface area (Å²) in [6.45, 7) is 3.93. The molecule has 5 nitrogen and oxygen atoms in total. The summed E-state index contributed by atoms with van der Waals surface area (Å²) in [5.41, 5.74) is 0.430. The van der Waals surface area contributed by atoms with Gasteiger partial charge < -0.3 is 4.74 Å². The number of carbonyl (C=O) groups excluding carboxylic acids is 1. The van der Waals surface area contributed by atoms with Gasteiger partial charge in [-0.1, -0.05) is 23.7 Å². The maximum absolute atomic E-state index is 12.4. The minimum absolute atomic E-state index is 0.0589. The number of esters is 1. The summed E-state index contributed by atoms with van der Waals surface area (Å²) in [6.07, 6.45) is 1.26. The zero-order valence-corrected chi connectivity index (χ0v) is 12.6. The third kappa shape index (κ3) is 3.49. The fourth-order valence-electron chi connectivity index (χ4n) is 1.88. The first-order valence-electron chi connectivity index (χ1n) is 6.51. The van der Waals surface area contributed by atoms with E-state index in [1.807, 2.05) is 12.1 Å². The Bertz CT molecular complexity index is 708. The molecule has 0 saturated heterocycles. The van der Waals surface area contributed by atoms with Crippen LogP contribution in [0.3, 0.4) is 0 Å². The number of hydrogen-bond donors (Lipinski definition) is 0. The van der Waals surface area contributed by atoms with Crippen LogP contribution in [0, 0.1) is 6.92 Å². The van der Waals surface area contributed by atoms with Crippen LogP contribution >= 0.6 is 11.6 Å². The van der Waals surface area contributed by atoms with E-state index in [1.54, 1.807) is 26.0 Å². The molecule has 21 heavy (non-hydrogen) atoms. The van der Waals surface area contributed by atoms with Gasteiger partial charge in [-0.05, 0) is 31.5 Å². The van der Waals surface area contributed by atoms with Gasteiger partial charge in [0.1, 0.15) is 11.4 Å². The molecule has 0 atom stereocenters. The van der Waals surface area contributed by atoms with E-state index in [9.17, 15) is 9.59 Å². The van der Waals surface area contributed by atoms with Gasteiger partial charge in [-0.3, -0.25) is 9.36 Å². The molecule has 0 saturated carbocycles. The van der Waals surface area contributed by atoms with Crippen LogP contribution in [0.1, 0.15) is 28.7 Å². The van der Waals surface area contributed by atoms with Crippen molar-refractivity contribution in [1.82, 2.24) is 9.55 Å². The van der Waals surface area contributed by atoms with Crippen molar-refractivity contribution in [2.24, 2.45) is 0 Å². The molecule has 0 spiro atoms. The average Bonchev–Trinajstić information content (AvgIpc) is 2.45. The molecular weight excluding hydrogens is 292 g/mol. The number of nitrogens with zero attached hydrogens (tertiary/aromatic N) is 2. The van der Waals surface area contributed by atoms with Gasteiger partial charge in [0.15, 0.2) is 0 Å². The number of aryl methyl sites for hydroxylation is 1. The van der Waals surface area contributed by atoms with Gasteiger partial charge in [-0.15, -0.1) is 0 Å². The van der Waals surface area contributed by atoms with Gasteiger partial charge in [-0.2, -0.15) is 0 Å². The molecule has 2 rings (SSSR count). The van der Waals surface area contributed by atoms with Gasteiger partial charge in [-0.25, -0.2) is 9.78 Å². The van der Waals surface area contributed by atoms with Gasteiger partial charge in [0.25, 0.3) is 5.56 Å². The highest BCUT2D eigenvalue weighted by Gasteiger charge is 2.15. The smallest absolute Gasteiger partial charge is 0.345 e. The highest BCUT2D eigenvalue weighted by atomic mass is 35.5. The molecule has 0 aliphatic heterocycles. The lowest BCUT2D eigenvalue weighted by molar-refractivity contribution is 0.0523. The molecule has 0 amide bonds. The lowest BCUT2D eigenvalue weighted by atomic mass is 10.2. The Labute approximate surface area is 127 Å². The number of ether oxygens (including phenoxy) is 1. The van der Waals surface area contributed by atoms with E-state index in [0.29, 0.717) is 17.4 Å². The largest absolute Gasteiger partial charge is 0.462 e. The van der Waals surface area contributed by atoms with Gasteiger partial charge >= 0.3 is 5.97 Å². The molecule has 6 heteroatoms. The highest BCUT2D eigenvalue weighted by Crippen LogP contribution is 2.10. The molecule has 0 radical (unpaired) electrons. The van der Waals surface area contributed by atoms with E-state index in [-0.39, 0.29) is 12.2 Å². The predicted molar refractivity (Wildman–Crippen MR) is 79.7 cm³/mol. The number of aromatic nitrogens is 2. The van der Waals surface area contributed by atoms with Crippen LogP contribution in [0.4, 0.5) is 0 Å². The first-order valence-corrected chi connectivity index (χ1v) is 6.88. The molecule has 0 bridgehead atoms. The van der Waals surface area contributed by atoms with Crippen LogP contribution in [0.5, 0.6) is 0 Å². The molecule has 0 N–H and O–H groups in total. The second kappa shape index (κ2) is 6.54. The molecule has 110 valence electrons. The monoisotopic (exact) mass is 306 g/mol. The fourth-order valence-corrected chi connectivity index (χ4v) is 2.01. The Morgan fingerprint density at radius 2 is 2.00 bits per heavy atom. The molecule has 0 fully saturated rings. The summed E-state index contributed by atoms with van der Waals surface area (Å²) < 4.78 is 6.30. The van der Waals surface area contributed by atoms with Crippen LogP contribution in [0.2, 0.25) is 5.02 Å². The zero-order valence-electron chi connectivity index (χ0n) is 11.8. The molecule has 1 aromatic carbocycles. The summed E-state index contributed by atoms with van der Waals surface area (Å²) in [5, 5.41) is 0.626. The number of hydrogen-bond acceptors (Lipinski definition) is 4.